The van der Waals surface area contributed by atoms with E-state index in [-0.39, 0.29) is 0 Å². The average Bonchev–Trinajstić information content (AvgIpc) is 3.09. The molecule has 0 spiro atoms. The third-order valence-corrected chi connectivity index (χ3v) is 3.78. The minimum Gasteiger partial charge on any atom is -0.265 e. The van der Waals surface area contributed by atoms with Crippen LogP contribution in [0.1, 0.15) is 4.88 Å². The minimum atomic E-state index is 0.908. The molecule has 18 heavy (non-hydrogen) atoms. The first kappa shape index (κ1) is 11.2. The molecule has 0 amide bonds. The largest absolute Gasteiger partial charge is 0.265 e. The van der Waals surface area contributed by atoms with Crippen LogP contribution in [0.4, 0.5) is 0 Å². The molecule has 0 saturated heterocycles. The predicted molar refractivity (Wildman–Crippen MR) is 73.5 cm³/mol. The monoisotopic (exact) mass is 255 g/mol. The second-order valence-corrected chi connectivity index (χ2v) is 5.04. The molecule has 0 aromatic carbocycles. The molecule has 4 heteroatoms. The molecule has 0 aliphatic heterocycles. The van der Waals surface area contributed by atoms with Crippen molar-refractivity contribution in [1.29, 1.82) is 0 Å². The lowest BCUT2D eigenvalue weighted by Gasteiger charge is -2.06. The van der Waals surface area contributed by atoms with E-state index in [1.165, 1.54) is 4.88 Å². The van der Waals surface area contributed by atoms with Gasteiger partial charge < -0.3 is 0 Å². The number of nitrogens with zero attached hydrogens (tertiary/aromatic N) is 3. The van der Waals surface area contributed by atoms with Gasteiger partial charge in [-0.2, -0.15) is 5.10 Å². The number of hydrogen-bond donors (Lipinski definition) is 0. The molecular weight excluding hydrogens is 242 g/mol. The van der Waals surface area contributed by atoms with Gasteiger partial charge in [0.2, 0.25) is 0 Å². The molecule has 0 aliphatic rings. The zero-order valence-electron chi connectivity index (χ0n) is 9.86. The van der Waals surface area contributed by atoms with E-state index in [9.17, 15) is 0 Å². The second kappa shape index (κ2) is 5.14. The second-order valence-electron chi connectivity index (χ2n) is 4.00. The molecule has 0 atom stereocenters. The Balaban J connectivity index is 1.80. The van der Waals surface area contributed by atoms with Crippen molar-refractivity contribution in [2.75, 3.05) is 0 Å². The van der Waals surface area contributed by atoms with Gasteiger partial charge >= 0.3 is 0 Å². The SMILES string of the molecule is c1csc(CCn2nccc2-c2ccncc2)c1. The summed E-state index contributed by atoms with van der Waals surface area (Å²) in [6, 6.07) is 10.3. The maximum Gasteiger partial charge on any atom is 0.0683 e. The van der Waals surface area contributed by atoms with Crippen LogP contribution in [-0.2, 0) is 13.0 Å². The van der Waals surface area contributed by atoms with Gasteiger partial charge in [0.25, 0.3) is 0 Å². The molecule has 0 radical (unpaired) electrons. The Morgan fingerprint density at radius 3 is 2.72 bits per heavy atom. The Hall–Kier alpha value is -1.94. The summed E-state index contributed by atoms with van der Waals surface area (Å²) in [4.78, 5) is 5.44. The average molecular weight is 255 g/mol. The smallest absolute Gasteiger partial charge is 0.0683 e. The Labute approximate surface area is 110 Å². The van der Waals surface area contributed by atoms with Gasteiger partial charge in [0.15, 0.2) is 0 Å². The third kappa shape index (κ3) is 2.33. The van der Waals surface area contributed by atoms with Crippen molar-refractivity contribution in [1.82, 2.24) is 14.8 Å². The molecule has 90 valence electrons. The molecule has 0 unspecified atom stereocenters. The number of thiophene rings is 1. The summed E-state index contributed by atoms with van der Waals surface area (Å²) in [6.45, 7) is 0.908. The fourth-order valence-electron chi connectivity index (χ4n) is 1.95. The Bertz CT molecular complexity index is 599. The van der Waals surface area contributed by atoms with Gasteiger partial charge in [0.1, 0.15) is 0 Å². The van der Waals surface area contributed by atoms with Gasteiger partial charge in [-0.3, -0.25) is 9.67 Å². The van der Waals surface area contributed by atoms with Crippen LogP contribution in [0.15, 0.2) is 54.3 Å². The summed E-state index contributed by atoms with van der Waals surface area (Å²) >= 11 is 1.80. The first-order valence-corrected chi connectivity index (χ1v) is 6.76. The molecular formula is C14H13N3S. The van der Waals surface area contributed by atoms with Crippen molar-refractivity contribution in [2.24, 2.45) is 0 Å². The first-order chi connectivity index (χ1) is 8.93. The number of rotatable bonds is 4. The van der Waals surface area contributed by atoms with Gasteiger partial charge in [-0.05, 0) is 29.6 Å². The van der Waals surface area contributed by atoms with Gasteiger partial charge in [-0.15, -0.1) is 11.3 Å². The van der Waals surface area contributed by atoms with Crippen LogP contribution in [0.2, 0.25) is 0 Å². The first-order valence-electron chi connectivity index (χ1n) is 5.88. The van der Waals surface area contributed by atoms with Crippen LogP contribution in [0.3, 0.4) is 0 Å². The van der Waals surface area contributed by atoms with Crippen LogP contribution < -0.4 is 0 Å². The summed E-state index contributed by atoms with van der Waals surface area (Å²) in [6.07, 6.45) is 6.50. The van der Waals surface area contributed by atoms with E-state index >= 15 is 0 Å². The Morgan fingerprint density at radius 1 is 1.06 bits per heavy atom. The van der Waals surface area contributed by atoms with Crippen LogP contribution >= 0.6 is 11.3 Å². The van der Waals surface area contributed by atoms with Gasteiger partial charge in [-0.25, -0.2) is 0 Å². The van der Waals surface area contributed by atoms with Crippen LogP contribution in [0.5, 0.6) is 0 Å². The summed E-state index contributed by atoms with van der Waals surface area (Å²) in [5, 5.41) is 6.51. The maximum atomic E-state index is 4.39. The van der Waals surface area contributed by atoms with Gasteiger partial charge in [0, 0.05) is 42.0 Å². The van der Waals surface area contributed by atoms with Crippen molar-refractivity contribution in [3.05, 3.63) is 59.2 Å². The maximum absolute atomic E-state index is 4.39. The topological polar surface area (TPSA) is 30.7 Å². The van der Waals surface area contributed by atoms with Crippen molar-refractivity contribution in [3.8, 4) is 11.3 Å². The highest BCUT2D eigenvalue weighted by molar-refractivity contribution is 7.09. The van der Waals surface area contributed by atoms with E-state index in [0.717, 1.165) is 24.2 Å². The molecule has 0 bridgehead atoms. The van der Waals surface area contributed by atoms with E-state index in [4.69, 9.17) is 0 Å². The lowest BCUT2D eigenvalue weighted by molar-refractivity contribution is 0.625. The quantitative estimate of drug-likeness (QED) is 0.716. The zero-order valence-corrected chi connectivity index (χ0v) is 10.7. The van der Waals surface area contributed by atoms with Crippen molar-refractivity contribution < 1.29 is 0 Å². The zero-order chi connectivity index (χ0) is 12.2. The van der Waals surface area contributed by atoms with Crippen molar-refractivity contribution in [2.45, 2.75) is 13.0 Å². The van der Waals surface area contributed by atoms with E-state index in [1.807, 2.05) is 36.8 Å². The highest BCUT2D eigenvalue weighted by Gasteiger charge is 2.05. The van der Waals surface area contributed by atoms with E-state index in [0.29, 0.717) is 0 Å². The minimum absolute atomic E-state index is 0.908. The molecule has 3 rings (SSSR count). The van der Waals surface area contributed by atoms with Crippen LogP contribution in [0, 0.1) is 0 Å². The molecule has 3 aromatic rings. The normalized spacial score (nSPS) is 10.7. The van der Waals surface area contributed by atoms with Crippen LogP contribution in [0.25, 0.3) is 11.3 Å². The number of aryl methyl sites for hydroxylation is 2. The standard InChI is InChI=1S/C14H13N3S/c1-2-13(18-11-1)6-10-17-14(5-9-16-17)12-3-7-15-8-4-12/h1-5,7-9,11H,6,10H2. The van der Waals surface area contributed by atoms with E-state index in [1.54, 1.807) is 11.3 Å². The van der Waals surface area contributed by atoms with Crippen molar-refractivity contribution in [3.63, 3.8) is 0 Å². The fourth-order valence-corrected chi connectivity index (χ4v) is 2.65. The highest BCUT2D eigenvalue weighted by atomic mass is 32.1. The summed E-state index contributed by atoms with van der Waals surface area (Å²) in [5.41, 5.74) is 2.31. The summed E-state index contributed by atoms with van der Waals surface area (Å²) < 4.78 is 2.05. The number of aromatic nitrogens is 3. The molecule has 3 aromatic heterocycles. The Kier molecular flexibility index (Phi) is 3.19. The Morgan fingerprint density at radius 2 is 1.94 bits per heavy atom. The molecule has 3 nitrogen and oxygen atoms in total. The number of pyridine rings is 1. The molecule has 0 fully saturated rings. The van der Waals surface area contributed by atoms with E-state index < -0.39 is 0 Å². The van der Waals surface area contributed by atoms with E-state index in [2.05, 4.69) is 32.3 Å². The predicted octanol–water partition coefficient (Wildman–Crippen LogP) is 3.25. The molecule has 0 aliphatic carbocycles. The van der Waals surface area contributed by atoms with Crippen LogP contribution in [-0.4, -0.2) is 14.8 Å². The number of hydrogen-bond acceptors (Lipinski definition) is 3. The summed E-state index contributed by atoms with van der Waals surface area (Å²) in [5.74, 6) is 0. The lowest BCUT2D eigenvalue weighted by Crippen LogP contribution is -2.04. The highest BCUT2D eigenvalue weighted by Crippen LogP contribution is 2.18. The lowest BCUT2D eigenvalue weighted by atomic mass is 10.2. The van der Waals surface area contributed by atoms with Gasteiger partial charge in [-0.1, -0.05) is 6.07 Å². The molecule has 0 N–H and O–H groups in total. The third-order valence-electron chi connectivity index (χ3n) is 2.84. The summed E-state index contributed by atoms with van der Waals surface area (Å²) in [7, 11) is 0. The molecule has 3 heterocycles. The van der Waals surface area contributed by atoms with Crippen molar-refractivity contribution >= 4 is 11.3 Å². The van der Waals surface area contributed by atoms with Gasteiger partial charge in [0.05, 0.1) is 5.69 Å². The fraction of sp³-hybridized carbons (Fsp3) is 0.143. The molecule has 0 saturated carbocycles.